The van der Waals surface area contributed by atoms with Crippen LogP contribution in [0, 0.1) is 0 Å². The molecule has 100 valence electrons. The van der Waals surface area contributed by atoms with E-state index >= 15 is 0 Å². The van der Waals surface area contributed by atoms with Gasteiger partial charge < -0.3 is 0 Å². The molecule has 0 heterocycles. The molecule has 0 saturated carbocycles. The van der Waals surface area contributed by atoms with E-state index in [1.807, 2.05) is 7.76 Å². The van der Waals surface area contributed by atoms with Gasteiger partial charge in [-0.15, -0.1) is 24.8 Å². The zero-order chi connectivity index (χ0) is 11.7. The van der Waals surface area contributed by atoms with E-state index in [1.165, 1.54) is 12.8 Å². The Morgan fingerprint density at radius 2 is 1.28 bits per heavy atom. The molecule has 0 nitrogen and oxygen atoms in total. The van der Waals surface area contributed by atoms with Crippen LogP contribution in [-0.4, -0.2) is 6.19 Å². The normalized spacial score (nSPS) is 16.9. The average molecular weight is 337 g/mol. The van der Waals surface area contributed by atoms with Crippen molar-refractivity contribution in [1.29, 1.82) is 0 Å². The molecule has 0 spiro atoms. The summed E-state index contributed by atoms with van der Waals surface area (Å²) in [5.74, 6) is 0. The molecule has 0 aromatic rings. The standard InChI is InChI=1S/2C6H7.C2H6Si.2ClH.Ti/c2*1-6-4-2-3-5-6;1-3-2;;;/h2*2,4H,3H2,1H3;1-2H3;2*1H;. The maximum atomic E-state index is 2.52. The quantitative estimate of drug-likeness (QED) is 0.610. The first-order chi connectivity index (χ1) is 7.61. The van der Waals surface area contributed by atoms with Gasteiger partial charge in [0.1, 0.15) is 0 Å². The zero-order valence-electron chi connectivity index (χ0n) is 11.5. The van der Waals surface area contributed by atoms with Crippen molar-refractivity contribution in [2.75, 3.05) is 0 Å². The number of rotatable bonds is 2. The molecule has 18 heavy (non-hydrogen) atoms. The molecule has 0 saturated heterocycles. The van der Waals surface area contributed by atoms with E-state index in [0.29, 0.717) is 0 Å². The summed E-state index contributed by atoms with van der Waals surface area (Å²) in [5.41, 5.74) is 3.18. The third-order valence-electron chi connectivity index (χ3n) is 3.44. The predicted octanol–water partition coefficient (Wildman–Crippen LogP) is 5.17. The van der Waals surface area contributed by atoms with Crippen LogP contribution in [0.15, 0.2) is 43.2 Å². The van der Waals surface area contributed by atoms with Gasteiger partial charge in [0.25, 0.3) is 0 Å². The SMILES string of the molecule is CC1=[C]([Ti]([C]2=C(C)C=CC2)=[Si](C)C)CC=C1.Cl.Cl. The van der Waals surface area contributed by atoms with E-state index in [0.717, 1.165) is 0 Å². The Morgan fingerprint density at radius 3 is 1.50 bits per heavy atom. The molecule has 2 rings (SSSR count). The van der Waals surface area contributed by atoms with E-state index < -0.39 is 16.6 Å². The minimum absolute atomic E-state index is 0. The fraction of sp³-hybridized carbons (Fsp3) is 0.429. The van der Waals surface area contributed by atoms with Crippen LogP contribution < -0.4 is 0 Å². The maximum absolute atomic E-state index is 2.52. The van der Waals surface area contributed by atoms with E-state index in [-0.39, 0.29) is 31.0 Å². The van der Waals surface area contributed by atoms with Crippen LogP contribution in [0.2, 0.25) is 13.1 Å². The van der Waals surface area contributed by atoms with Gasteiger partial charge >= 0.3 is 106 Å². The molecule has 0 unspecified atom stereocenters. The Balaban J connectivity index is 0.00000144. The van der Waals surface area contributed by atoms with Crippen LogP contribution in [0.5, 0.6) is 0 Å². The summed E-state index contributed by atoms with van der Waals surface area (Å²) >= 11 is -1.10. The van der Waals surface area contributed by atoms with Crippen LogP contribution in [0.25, 0.3) is 0 Å². The van der Waals surface area contributed by atoms with E-state index in [4.69, 9.17) is 0 Å². The van der Waals surface area contributed by atoms with Crippen molar-refractivity contribution >= 4 is 31.0 Å². The Bertz CT molecular complexity index is 440. The Labute approximate surface area is 130 Å². The van der Waals surface area contributed by atoms with Gasteiger partial charge in [0.2, 0.25) is 0 Å². The summed E-state index contributed by atoms with van der Waals surface area (Å²) in [4.78, 5) is 0. The van der Waals surface area contributed by atoms with Crippen molar-refractivity contribution in [2.45, 2.75) is 39.8 Å². The maximum Gasteiger partial charge on any atom is -0.147 e. The molecule has 0 radical (unpaired) electrons. The summed E-state index contributed by atoms with van der Waals surface area (Å²) in [6.07, 6.45) is 11.8. The first-order valence-corrected chi connectivity index (χ1v) is 12.4. The zero-order valence-corrected chi connectivity index (χ0v) is 15.7. The Morgan fingerprint density at radius 1 is 0.889 bits per heavy atom. The van der Waals surface area contributed by atoms with Crippen molar-refractivity contribution in [3.05, 3.63) is 43.2 Å². The molecule has 0 aromatic heterocycles. The van der Waals surface area contributed by atoms with Gasteiger partial charge in [-0.3, -0.25) is 0 Å². The second-order valence-corrected chi connectivity index (χ2v) is 16.7. The monoisotopic (exact) mass is 336 g/mol. The van der Waals surface area contributed by atoms with E-state index in [9.17, 15) is 0 Å². The largest absolute Gasteiger partial charge is 0.147 e. The van der Waals surface area contributed by atoms with Crippen molar-refractivity contribution < 1.29 is 16.6 Å². The molecule has 0 N–H and O–H groups in total. The summed E-state index contributed by atoms with van der Waals surface area (Å²) < 4.78 is 3.72. The number of hydrogen-bond acceptors (Lipinski definition) is 0. The third-order valence-corrected chi connectivity index (χ3v) is 15.4. The minimum atomic E-state index is -1.10. The van der Waals surface area contributed by atoms with Crippen molar-refractivity contribution in [3.63, 3.8) is 0 Å². The van der Waals surface area contributed by atoms with Crippen molar-refractivity contribution in [2.24, 2.45) is 0 Å². The second kappa shape index (κ2) is 7.92. The summed E-state index contributed by atoms with van der Waals surface area (Å²) in [5, 5.41) is 0. The summed E-state index contributed by atoms with van der Waals surface area (Å²) in [6.45, 7) is 9.68. The molecule has 2 aliphatic carbocycles. The van der Waals surface area contributed by atoms with Crippen LogP contribution in [0.1, 0.15) is 26.7 Å². The van der Waals surface area contributed by atoms with Gasteiger partial charge in [0, 0.05) is 0 Å². The molecule has 0 fully saturated rings. The van der Waals surface area contributed by atoms with Crippen LogP contribution in [0.4, 0.5) is 0 Å². The molecular weight excluding hydrogens is 315 g/mol. The van der Waals surface area contributed by atoms with Crippen molar-refractivity contribution in [1.82, 2.24) is 0 Å². The molecular formula is C14H22Cl2SiTi. The van der Waals surface area contributed by atoms with Gasteiger partial charge in [-0.2, -0.15) is 0 Å². The Kier molecular flexibility index (Phi) is 8.12. The first-order valence-electron chi connectivity index (χ1n) is 6.02. The summed E-state index contributed by atoms with van der Waals surface area (Å²) in [6, 6.07) is 0. The van der Waals surface area contributed by atoms with Gasteiger partial charge in [0.05, 0.1) is 0 Å². The molecule has 0 aromatic carbocycles. The van der Waals surface area contributed by atoms with Gasteiger partial charge in [-0.1, -0.05) is 0 Å². The van der Waals surface area contributed by atoms with Gasteiger partial charge in [-0.05, 0) is 0 Å². The fourth-order valence-corrected chi connectivity index (χ4v) is 15.0. The van der Waals surface area contributed by atoms with Crippen LogP contribution in [0.3, 0.4) is 0 Å². The van der Waals surface area contributed by atoms with Gasteiger partial charge in [-0.25, -0.2) is 0 Å². The van der Waals surface area contributed by atoms with Crippen LogP contribution in [-0.2, 0) is 16.6 Å². The van der Waals surface area contributed by atoms with Crippen LogP contribution >= 0.6 is 24.8 Å². The van der Waals surface area contributed by atoms with E-state index in [2.05, 4.69) is 51.2 Å². The second-order valence-electron chi connectivity index (χ2n) is 4.91. The molecule has 0 amide bonds. The molecule has 0 bridgehead atoms. The Hall–Kier alpha value is 0.471. The molecule has 0 aliphatic heterocycles. The number of halogens is 2. The van der Waals surface area contributed by atoms with Crippen molar-refractivity contribution in [3.8, 4) is 0 Å². The molecule has 0 atom stereocenters. The van der Waals surface area contributed by atoms with Gasteiger partial charge in [0.15, 0.2) is 0 Å². The molecule has 4 heteroatoms. The van der Waals surface area contributed by atoms with E-state index in [1.54, 1.807) is 11.1 Å². The smallest absolute Gasteiger partial charge is 0.147 e. The average Bonchev–Trinajstić information content (AvgIpc) is 2.79. The number of hydrogen-bond donors (Lipinski definition) is 0. The molecule has 2 aliphatic rings. The minimum Gasteiger partial charge on any atom is -0.147 e. The fourth-order valence-electron chi connectivity index (χ4n) is 2.61. The number of allylic oxidation sites excluding steroid dienone is 8. The first kappa shape index (κ1) is 18.5. The topological polar surface area (TPSA) is 0 Å². The summed E-state index contributed by atoms with van der Waals surface area (Å²) in [7, 11) is 0. The predicted molar refractivity (Wildman–Crippen MR) is 84.9 cm³/mol. The third kappa shape index (κ3) is 3.74.